The van der Waals surface area contributed by atoms with Crippen molar-refractivity contribution >= 4 is 23.6 Å². The Hall–Kier alpha value is -1.42. The molecule has 2 aliphatic rings. The van der Waals surface area contributed by atoms with Crippen LogP contribution in [0.3, 0.4) is 0 Å². The fraction of sp³-hybridized carbons (Fsp3) is 0.556. The number of thioether (sulfide) groups is 1. The van der Waals surface area contributed by atoms with E-state index in [-0.39, 0.29) is 24.9 Å². The molecule has 0 aromatic rings. The molecule has 1 amide bonds. The normalized spacial score (nSPS) is 28.1. The molecule has 0 spiro atoms. The number of rotatable bonds is 2. The molecule has 0 aromatic carbocycles. The number of nitrogens with one attached hydrogen (secondary N) is 1. The summed E-state index contributed by atoms with van der Waals surface area (Å²) in [6.45, 7) is -0.754. The van der Waals surface area contributed by atoms with Crippen LogP contribution in [0.2, 0.25) is 0 Å². The molecule has 1 unspecified atom stereocenters. The number of alkyl halides is 3. The summed E-state index contributed by atoms with van der Waals surface area (Å²) in [5, 5.41) is 11.5. The van der Waals surface area contributed by atoms with E-state index in [0.29, 0.717) is 4.90 Å². The number of carboxylic acid groups (broad SMARTS) is 1. The first-order valence-electron chi connectivity index (χ1n) is 5.12. The SMILES string of the molecule is O=C(O)C1=CSC(N2CCOCC2=O)(C(F)(F)F)N1. The summed E-state index contributed by atoms with van der Waals surface area (Å²) in [5.41, 5.74) is -0.596. The maximum atomic E-state index is 13.3. The predicted molar refractivity (Wildman–Crippen MR) is 57.8 cm³/mol. The largest absolute Gasteiger partial charge is 0.477 e. The molecule has 0 aromatic heterocycles. The third-order valence-corrected chi connectivity index (χ3v) is 3.88. The quantitative estimate of drug-likeness (QED) is 0.764. The Morgan fingerprint density at radius 1 is 1.58 bits per heavy atom. The maximum absolute atomic E-state index is 13.3. The Kier molecular flexibility index (Phi) is 3.39. The second-order valence-electron chi connectivity index (χ2n) is 3.82. The predicted octanol–water partition coefficient (Wildman–Crippen LogP) is 0.324. The summed E-state index contributed by atoms with van der Waals surface area (Å²) in [6, 6.07) is 0. The lowest BCUT2D eigenvalue weighted by Gasteiger charge is -2.43. The van der Waals surface area contributed by atoms with Crippen molar-refractivity contribution in [1.29, 1.82) is 0 Å². The maximum Gasteiger partial charge on any atom is 0.441 e. The number of hydrogen-bond donors (Lipinski definition) is 2. The van der Waals surface area contributed by atoms with Gasteiger partial charge in [-0.15, -0.1) is 0 Å². The monoisotopic (exact) mass is 298 g/mol. The number of carbonyl (C=O) groups is 2. The average Bonchev–Trinajstić information content (AvgIpc) is 2.75. The van der Waals surface area contributed by atoms with Crippen LogP contribution in [0.25, 0.3) is 0 Å². The van der Waals surface area contributed by atoms with Crippen LogP contribution in [0.1, 0.15) is 0 Å². The zero-order valence-electron chi connectivity index (χ0n) is 9.36. The van der Waals surface area contributed by atoms with Crippen molar-refractivity contribution in [2.24, 2.45) is 0 Å². The van der Waals surface area contributed by atoms with Crippen LogP contribution in [-0.4, -0.2) is 52.8 Å². The van der Waals surface area contributed by atoms with E-state index in [0.717, 1.165) is 5.41 Å². The van der Waals surface area contributed by atoms with E-state index < -0.39 is 35.4 Å². The second-order valence-corrected chi connectivity index (χ2v) is 4.88. The van der Waals surface area contributed by atoms with Crippen LogP contribution in [-0.2, 0) is 14.3 Å². The summed E-state index contributed by atoms with van der Waals surface area (Å²) in [4.78, 5) is 20.1. The molecule has 0 aliphatic carbocycles. The van der Waals surface area contributed by atoms with Crippen LogP contribution in [0.5, 0.6) is 0 Å². The minimum Gasteiger partial charge on any atom is -0.477 e. The minimum atomic E-state index is -4.83. The van der Waals surface area contributed by atoms with Gasteiger partial charge in [-0.1, -0.05) is 11.8 Å². The fourth-order valence-electron chi connectivity index (χ4n) is 1.76. The number of morpholine rings is 1. The lowest BCUT2D eigenvalue weighted by atomic mass is 10.3. The molecular weight excluding hydrogens is 289 g/mol. The van der Waals surface area contributed by atoms with Crippen molar-refractivity contribution in [3.8, 4) is 0 Å². The van der Waals surface area contributed by atoms with Crippen LogP contribution in [0.15, 0.2) is 11.1 Å². The van der Waals surface area contributed by atoms with Gasteiger partial charge >= 0.3 is 12.1 Å². The van der Waals surface area contributed by atoms with Gasteiger partial charge in [0.15, 0.2) is 0 Å². The van der Waals surface area contributed by atoms with Gasteiger partial charge in [0.05, 0.1) is 6.61 Å². The first-order valence-corrected chi connectivity index (χ1v) is 6.00. The van der Waals surface area contributed by atoms with E-state index in [1.54, 1.807) is 0 Å². The standard InChI is InChI=1S/C9H9F3N2O4S/c10-8(11,12)9(13-5(4-19-9)7(16)17)14-1-2-18-3-6(14)15/h4,13H,1-3H2,(H,16,17). The van der Waals surface area contributed by atoms with E-state index in [1.807, 2.05) is 5.32 Å². The number of aliphatic carboxylic acids is 1. The van der Waals surface area contributed by atoms with Crippen molar-refractivity contribution < 1.29 is 32.6 Å². The third-order valence-electron chi connectivity index (χ3n) is 2.63. The first kappa shape index (κ1) is 14.0. The van der Waals surface area contributed by atoms with E-state index in [9.17, 15) is 22.8 Å². The summed E-state index contributed by atoms with van der Waals surface area (Å²) in [7, 11) is 0. The van der Waals surface area contributed by atoms with Crippen molar-refractivity contribution in [3.05, 3.63) is 11.1 Å². The van der Waals surface area contributed by atoms with Gasteiger partial charge in [-0.3, -0.25) is 9.69 Å². The number of hydrogen-bond acceptors (Lipinski definition) is 5. The summed E-state index contributed by atoms with van der Waals surface area (Å²) in [5.74, 6) is -2.36. The van der Waals surface area contributed by atoms with Crippen LogP contribution in [0.4, 0.5) is 13.2 Å². The van der Waals surface area contributed by atoms with Gasteiger partial charge in [-0.2, -0.15) is 13.2 Å². The number of halogens is 3. The smallest absolute Gasteiger partial charge is 0.441 e. The van der Waals surface area contributed by atoms with E-state index in [4.69, 9.17) is 9.84 Å². The topological polar surface area (TPSA) is 78.9 Å². The lowest BCUT2D eigenvalue weighted by molar-refractivity contribution is -0.214. The summed E-state index contributed by atoms with van der Waals surface area (Å²) in [6.07, 6.45) is -4.83. The van der Waals surface area contributed by atoms with Gasteiger partial charge in [-0.05, 0) is 0 Å². The molecule has 2 aliphatic heterocycles. The highest BCUT2D eigenvalue weighted by Gasteiger charge is 2.64. The van der Waals surface area contributed by atoms with Gasteiger partial charge in [0, 0.05) is 12.0 Å². The number of ether oxygens (including phenoxy) is 1. The first-order chi connectivity index (χ1) is 8.78. The Bertz CT molecular complexity index is 453. The highest BCUT2D eigenvalue weighted by atomic mass is 32.2. The molecule has 1 atom stereocenters. The summed E-state index contributed by atoms with van der Waals surface area (Å²) >= 11 is 0.214. The number of carboxylic acids is 1. The van der Waals surface area contributed by atoms with Crippen molar-refractivity contribution in [1.82, 2.24) is 10.2 Å². The molecule has 1 saturated heterocycles. The van der Waals surface area contributed by atoms with Gasteiger partial charge in [0.1, 0.15) is 12.3 Å². The molecular formula is C9H9F3N2O4S. The highest BCUT2D eigenvalue weighted by molar-refractivity contribution is 8.03. The van der Waals surface area contributed by atoms with Gasteiger partial charge in [0.2, 0.25) is 0 Å². The Morgan fingerprint density at radius 3 is 2.74 bits per heavy atom. The molecule has 2 rings (SSSR count). The zero-order chi connectivity index (χ0) is 14.3. The van der Waals surface area contributed by atoms with Crippen molar-refractivity contribution in [3.63, 3.8) is 0 Å². The molecule has 0 bridgehead atoms. The zero-order valence-corrected chi connectivity index (χ0v) is 10.2. The molecule has 2 heterocycles. The molecule has 1 fully saturated rings. The molecule has 6 nitrogen and oxygen atoms in total. The Labute approximate surface area is 109 Å². The van der Waals surface area contributed by atoms with Gasteiger partial charge < -0.3 is 15.2 Å². The van der Waals surface area contributed by atoms with Crippen molar-refractivity contribution in [2.45, 2.75) is 11.2 Å². The summed E-state index contributed by atoms with van der Waals surface area (Å²) < 4.78 is 44.6. The molecule has 0 saturated carbocycles. The van der Waals surface area contributed by atoms with E-state index in [2.05, 4.69) is 0 Å². The van der Waals surface area contributed by atoms with Crippen LogP contribution in [0, 0.1) is 0 Å². The number of nitrogens with zero attached hydrogens (tertiary/aromatic N) is 1. The Balaban J connectivity index is 2.33. The minimum absolute atomic E-state index is 0.0335. The van der Waals surface area contributed by atoms with E-state index in [1.165, 1.54) is 0 Å². The van der Waals surface area contributed by atoms with Crippen LogP contribution < -0.4 is 5.32 Å². The van der Waals surface area contributed by atoms with Crippen molar-refractivity contribution in [2.75, 3.05) is 19.8 Å². The molecule has 106 valence electrons. The van der Waals surface area contributed by atoms with Gasteiger partial charge in [0.25, 0.3) is 10.9 Å². The lowest BCUT2D eigenvalue weighted by Crippen LogP contribution is -2.67. The van der Waals surface area contributed by atoms with Gasteiger partial charge in [-0.25, -0.2) is 4.79 Å². The fourth-order valence-corrected chi connectivity index (χ4v) is 2.83. The highest BCUT2D eigenvalue weighted by Crippen LogP contribution is 2.47. The molecule has 19 heavy (non-hydrogen) atoms. The molecule has 2 N–H and O–H groups in total. The third kappa shape index (κ3) is 2.25. The molecule has 0 radical (unpaired) electrons. The molecule has 10 heteroatoms. The second kappa shape index (κ2) is 4.60. The van der Waals surface area contributed by atoms with Crippen LogP contribution >= 0.6 is 11.8 Å². The number of amides is 1. The number of carbonyl (C=O) groups excluding carboxylic acids is 1. The Morgan fingerprint density at radius 2 is 2.26 bits per heavy atom. The van der Waals surface area contributed by atoms with E-state index >= 15 is 0 Å². The average molecular weight is 298 g/mol.